The van der Waals surface area contributed by atoms with E-state index in [0.717, 1.165) is 11.1 Å². The van der Waals surface area contributed by atoms with Gasteiger partial charge in [-0.2, -0.15) is 8.42 Å². The highest BCUT2D eigenvalue weighted by Crippen LogP contribution is 2.27. The standard InChI is InChI=1S/C23H25NO5S/c1-16-5-7-20(14-23(16)30(26,27)28)19-8-10-21(11-9-19)29-17(2)22(25)12-6-18-4-3-13-24-15-18/h3-5,7-11,13-15,17,22,25H,6,12H2,1-2H3,(H,26,27,28). The lowest BCUT2D eigenvalue weighted by molar-refractivity contribution is 0.0420. The molecule has 0 saturated heterocycles. The molecule has 1 aromatic heterocycles. The molecule has 0 aliphatic carbocycles. The number of ether oxygens (including phenoxy) is 1. The van der Waals surface area contributed by atoms with Crippen molar-refractivity contribution in [2.24, 2.45) is 0 Å². The van der Waals surface area contributed by atoms with Crippen molar-refractivity contribution in [2.45, 2.75) is 43.8 Å². The Kier molecular flexibility index (Phi) is 6.87. The largest absolute Gasteiger partial charge is 0.488 e. The Morgan fingerprint density at radius 2 is 1.77 bits per heavy atom. The van der Waals surface area contributed by atoms with E-state index in [1.165, 1.54) is 6.07 Å². The summed E-state index contributed by atoms with van der Waals surface area (Å²) in [7, 11) is -4.28. The van der Waals surface area contributed by atoms with Crippen molar-refractivity contribution < 1.29 is 22.8 Å². The number of hydrogen-bond acceptors (Lipinski definition) is 5. The highest BCUT2D eigenvalue weighted by Gasteiger charge is 2.17. The Morgan fingerprint density at radius 3 is 2.40 bits per heavy atom. The highest BCUT2D eigenvalue weighted by molar-refractivity contribution is 7.85. The van der Waals surface area contributed by atoms with Crippen LogP contribution in [0.2, 0.25) is 0 Å². The van der Waals surface area contributed by atoms with Crippen molar-refractivity contribution in [3.63, 3.8) is 0 Å². The van der Waals surface area contributed by atoms with Gasteiger partial charge in [-0.3, -0.25) is 9.54 Å². The molecule has 0 fully saturated rings. The summed E-state index contributed by atoms with van der Waals surface area (Å²) < 4.78 is 38.3. The molecule has 30 heavy (non-hydrogen) atoms. The summed E-state index contributed by atoms with van der Waals surface area (Å²) in [6, 6.07) is 15.9. The van der Waals surface area contributed by atoms with E-state index in [-0.39, 0.29) is 4.90 Å². The van der Waals surface area contributed by atoms with E-state index in [9.17, 15) is 18.1 Å². The van der Waals surface area contributed by atoms with Crippen LogP contribution in [0.5, 0.6) is 5.75 Å². The van der Waals surface area contributed by atoms with Crippen molar-refractivity contribution in [3.8, 4) is 16.9 Å². The number of hydrogen-bond donors (Lipinski definition) is 2. The third kappa shape index (κ3) is 5.66. The number of aryl methyl sites for hydroxylation is 2. The van der Waals surface area contributed by atoms with Crippen molar-refractivity contribution >= 4 is 10.1 Å². The number of pyridine rings is 1. The molecule has 0 saturated carbocycles. The van der Waals surface area contributed by atoms with E-state index in [1.54, 1.807) is 43.6 Å². The number of aromatic nitrogens is 1. The molecule has 2 N–H and O–H groups in total. The molecule has 0 spiro atoms. The Balaban J connectivity index is 1.64. The summed E-state index contributed by atoms with van der Waals surface area (Å²) in [5, 5.41) is 10.4. The lowest BCUT2D eigenvalue weighted by Crippen LogP contribution is -2.29. The molecular weight excluding hydrogens is 402 g/mol. The molecule has 7 heteroatoms. The molecule has 2 atom stereocenters. The fraction of sp³-hybridized carbons (Fsp3) is 0.261. The maximum atomic E-state index is 11.5. The second kappa shape index (κ2) is 9.38. The van der Waals surface area contributed by atoms with Crippen LogP contribution >= 0.6 is 0 Å². The summed E-state index contributed by atoms with van der Waals surface area (Å²) in [5.74, 6) is 0.605. The van der Waals surface area contributed by atoms with Gasteiger partial charge in [-0.05, 0) is 73.2 Å². The minimum atomic E-state index is -4.28. The predicted octanol–water partition coefficient (Wildman–Crippen LogP) is 4.06. The quantitative estimate of drug-likeness (QED) is 0.526. The summed E-state index contributed by atoms with van der Waals surface area (Å²) >= 11 is 0. The maximum Gasteiger partial charge on any atom is 0.294 e. The van der Waals surface area contributed by atoms with Crippen LogP contribution in [0.4, 0.5) is 0 Å². The zero-order valence-corrected chi connectivity index (χ0v) is 17.7. The smallest absolute Gasteiger partial charge is 0.294 e. The van der Waals surface area contributed by atoms with Gasteiger partial charge in [0.15, 0.2) is 0 Å². The van der Waals surface area contributed by atoms with E-state index >= 15 is 0 Å². The van der Waals surface area contributed by atoms with Crippen LogP contribution in [0, 0.1) is 6.92 Å². The van der Waals surface area contributed by atoms with E-state index in [1.807, 2.05) is 31.2 Å². The lowest BCUT2D eigenvalue weighted by atomic mass is 10.0. The van der Waals surface area contributed by atoms with Crippen molar-refractivity contribution in [1.82, 2.24) is 4.98 Å². The van der Waals surface area contributed by atoms with Gasteiger partial charge in [-0.1, -0.05) is 30.3 Å². The van der Waals surface area contributed by atoms with Crippen LogP contribution in [0.1, 0.15) is 24.5 Å². The molecule has 0 aliphatic heterocycles. The molecule has 6 nitrogen and oxygen atoms in total. The minimum absolute atomic E-state index is 0.106. The van der Waals surface area contributed by atoms with E-state index in [2.05, 4.69) is 4.98 Å². The third-order valence-corrected chi connectivity index (χ3v) is 5.96. The molecular formula is C23H25NO5S. The molecule has 3 rings (SSSR count). The van der Waals surface area contributed by atoms with Crippen LogP contribution in [0.3, 0.4) is 0 Å². The highest BCUT2D eigenvalue weighted by atomic mass is 32.2. The molecule has 0 aliphatic rings. The van der Waals surface area contributed by atoms with E-state index in [0.29, 0.717) is 29.7 Å². The first-order valence-electron chi connectivity index (χ1n) is 9.66. The van der Waals surface area contributed by atoms with Gasteiger partial charge >= 0.3 is 0 Å². The van der Waals surface area contributed by atoms with Gasteiger partial charge in [0.05, 0.1) is 11.0 Å². The molecule has 0 radical (unpaired) electrons. The molecule has 2 aromatic carbocycles. The van der Waals surface area contributed by atoms with E-state index in [4.69, 9.17) is 4.74 Å². The van der Waals surface area contributed by atoms with Crippen LogP contribution in [-0.2, 0) is 16.5 Å². The molecule has 0 bridgehead atoms. The van der Waals surface area contributed by atoms with Crippen molar-refractivity contribution in [2.75, 3.05) is 0 Å². The fourth-order valence-electron chi connectivity index (χ4n) is 3.17. The Hall–Kier alpha value is -2.74. The molecule has 0 amide bonds. The molecule has 2 unspecified atom stereocenters. The number of benzene rings is 2. The number of aliphatic hydroxyl groups is 1. The van der Waals surface area contributed by atoms with Crippen LogP contribution < -0.4 is 4.74 Å². The van der Waals surface area contributed by atoms with Crippen LogP contribution in [-0.4, -0.2) is 35.3 Å². The number of nitrogens with zero attached hydrogens (tertiary/aromatic N) is 1. The van der Waals surface area contributed by atoms with Crippen LogP contribution in [0.15, 0.2) is 71.9 Å². The van der Waals surface area contributed by atoms with Crippen molar-refractivity contribution in [1.29, 1.82) is 0 Å². The molecule has 1 heterocycles. The van der Waals surface area contributed by atoms with Gasteiger partial charge < -0.3 is 9.84 Å². The summed E-state index contributed by atoms with van der Waals surface area (Å²) in [5.41, 5.74) is 3.01. The Morgan fingerprint density at radius 1 is 1.07 bits per heavy atom. The zero-order valence-electron chi connectivity index (χ0n) is 16.9. The van der Waals surface area contributed by atoms with Gasteiger partial charge in [-0.15, -0.1) is 0 Å². The third-order valence-electron chi connectivity index (χ3n) is 4.97. The van der Waals surface area contributed by atoms with Gasteiger partial charge in [-0.25, -0.2) is 0 Å². The van der Waals surface area contributed by atoms with Gasteiger partial charge in [0.25, 0.3) is 10.1 Å². The minimum Gasteiger partial charge on any atom is -0.488 e. The molecule has 158 valence electrons. The first-order chi connectivity index (χ1) is 14.2. The average molecular weight is 428 g/mol. The summed E-state index contributed by atoms with van der Waals surface area (Å²) in [6.07, 6.45) is 3.76. The average Bonchev–Trinajstić information content (AvgIpc) is 2.73. The van der Waals surface area contributed by atoms with Gasteiger partial charge in [0.1, 0.15) is 11.9 Å². The van der Waals surface area contributed by atoms with Gasteiger partial charge in [0.2, 0.25) is 0 Å². The number of aliphatic hydroxyl groups excluding tert-OH is 1. The fourth-order valence-corrected chi connectivity index (χ4v) is 3.92. The second-order valence-corrected chi connectivity index (χ2v) is 8.66. The first-order valence-corrected chi connectivity index (χ1v) is 11.1. The summed E-state index contributed by atoms with van der Waals surface area (Å²) in [6.45, 7) is 3.45. The topological polar surface area (TPSA) is 96.7 Å². The molecule has 3 aromatic rings. The second-order valence-electron chi connectivity index (χ2n) is 7.27. The maximum absolute atomic E-state index is 11.5. The number of rotatable bonds is 8. The SMILES string of the molecule is Cc1ccc(-c2ccc(OC(C)C(O)CCc3cccnc3)cc2)cc1S(=O)(=O)O. The van der Waals surface area contributed by atoms with E-state index < -0.39 is 22.3 Å². The van der Waals surface area contributed by atoms with Crippen molar-refractivity contribution in [3.05, 3.63) is 78.1 Å². The zero-order chi connectivity index (χ0) is 21.7. The first kappa shape index (κ1) is 22.0. The summed E-state index contributed by atoms with van der Waals surface area (Å²) in [4.78, 5) is 3.97. The lowest BCUT2D eigenvalue weighted by Gasteiger charge is -2.20. The van der Waals surface area contributed by atoms with Gasteiger partial charge in [0, 0.05) is 12.4 Å². The predicted molar refractivity (Wildman–Crippen MR) is 115 cm³/mol. The Labute approximate surface area is 176 Å². The normalized spacial score (nSPS) is 13.6. The monoisotopic (exact) mass is 427 g/mol. The van der Waals surface area contributed by atoms with Crippen LogP contribution in [0.25, 0.3) is 11.1 Å². The Bertz CT molecular complexity index is 1080.